The number of benzene rings is 1. The van der Waals surface area contributed by atoms with E-state index in [1.165, 1.54) is 29.3 Å². The maximum Gasteiger partial charge on any atom is 0.265 e. The van der Waals surface area contributed by atoms with Gasteiger partial charge in [-0.1, -0.05) is 24.3 Å². The minimum Gasteiger partial charge on any atom is -0.293 e. The zero-order chi connectivity index (χ0) is 28.5. The van der Waals surface area contributed by atoms with Crippen LogP contribution in [0, 0.1) is 0 Å². The van der Waals surface area contributed by atoms with Crippen LogP contribution in [0.15, 0.2) is 89.1 Å². The fourth-order valence-corrected chi connectivity index (χ4v) is 8.86. The maximum absolute atomic E-state index is 13.1. The molecule has 41 heavy (non-hydrogen) atoms. The van der Waals surface area contributed by atoms with Crippen molar-refractivity contribution < 1.29 is 9.59 Å². The normalized spacial score (nSPS) is 13.8. The molecule has 2 amide bonds. The van der Waals surface area contributed by atoms with Gasteiger partial charge in [0.25, 0.3) is 11.8 Å². The molecule has 0 unspecified atom stereocenters. The molecule has 5 nitrogen and oxygen atoms in total. The van der Waals surface area contributed by atoms with E-state index in [-0.39, 0.29) is 22.5 Å². The molecule has 10 heteroatoms. The van der Waals surface area contributed by atoms with Crippen LogP contribution in [0.25, 0.3) is 25.6 Å². The Hall–Kier alpha value is -3.41. The smallest absolute Gasteiger partial charge is 0.265 e. The summed E-state index contributed by atoms with van der Waals surface area (Å²) >= 11 is 12.4. The number of hydrogen-bond donors (Lipinski definition) is 0. The largest absolute Gasteiger partial charge is 0.293 e. The van der Waals surface area contributed by atoms with Crippen molar-refractivity contribution >= 4 is 96.3 Å². The van der Waals surface area contributed by atoms with Gasteiger partial charge in [0.05, 0.1) is 0 Å². The van der Waals surface area contributed by atoms with Crippen LogP contribution in [0.1, 0.15) is 19.4 Å². The third-order valence-corrected chi connectivity index (χ3v) is 11.4. The van der Waals surface area contributed by atoms with Crippen LogP contribution in [0.3, 0.4) is 0 Å². The quantitative estimate of drug-likeness (QED) is 0.0974. The van der Waals surface area contributed by atoms with Gasteiger partial charge in [0.1, 0.15) is 15.6 Å². The first-order chi connectivity index (χ1) is 20.0. The lowest BCUT2D eigenvalue weighted by atomic mass is 10.1. The fraction of sp³-hybridized carbons (Fsp3) is 0.129. The van der Waals surface area contributed by atoms with Crippen molar-refractivity contribution in [3.8, 4) is 19.5 Å². The van der Waals surface area contributed by atoms with Crippen molar-refractivity contribution in [1.29, 1.82) is 0 Å². The van der Waals surface area contributed by atoms with Crippen molar-refractivity contribution in [2.24, 2.45) is 0 Å². The topological polar surface area (TPSA) is 43.9 Å². The lowest BCUT2D eigenvalue weighted by Crippen LogP contribution is -2.55. The lowest BCUT2D eigenvalue weighted by molar-refractivity contribution is -0.133. The predicted octanol–water partition coefficient (Wildman–Crippen LogP) is 9.12. The lowest BCUT2D eigenvalue weighted by Gasteiger charge is -2.35. The van der Waals surface area contributed by atoms with E-state index in [2.05, 4.69) is 64.2 Å². The number of amides is 2. The molecule has 1 saturated heterocycles. The van der Waals surface area contributed by atoms with E-state index < -0.39 is 0 Å². The molecule has 1 fully saturated rings. The summed E-state index contributed by atoms with van der Waals surface area (Å²) in [6, 6.07) is 25.1. The second-order valence-corrected chi connectivity index (χ2v) is 13.5. The van der Waals surface area contributed by atoms with Crippen LogP contribution in [-0.2, 0) is 9.59 Å². The summed E-state index contributed by atoms with van der Waals surface area (Å²) < 4.78 is 0. The first-order valence-electron chi connectivity index (χ1n) is 13.1. The van der Waals surface area contributed by atoms with Gasteiger partial charge in [-0.15, -0.1) is 45.3 Å². The molecular weight excluding hydrogens is 607 g/mol. The second-order valence-electron chi connectivity index (χ2n) is 9.10. The van der Waals surface area contributed by atoms with Crippen molar-refractivity contribution in [3.63, 3.8) is 0 Å². The van der Waals surface area contributed by atoms with Crippen molar-refractivity contribution in [1.82, 2.24) is 9.80 Å². The Morgan fingerprint density at radius 2 is 1.22 bits per heavy atom. The number of anilines is 3. The molecule has 0 saturated carbocycles. The average molecular weight is 632 g/mol. The fourth-order valence-electron chi connectivity index (χ4n) is 4.63. The van der Waals surface area contributed by atoms with E-state index in [4.69, 9.17) is 12.2 Å². The first-order valence-corrected chi connectivity index (χ1v) is 16.9. The Labute approximate surface area is 260 Å². The molecular formula is C31H25N3O2S5. The molecule has 1 aliphatic rings. The van der Waals surface area contributed by atoms with E-state index >= 15 is 0 Å². The number of hydrogen-bond acceptors (Lipinski definition) is 8. The summed E-state index contributed by atoms with van der Waals surface area (Å²) in [5, 5.41) is 6.69. The average Bonchev–Trinajstić information content (AvgIpc) is 3.80. The van der Waals surface area contributed by atoms with Gasteiger partial charge < -0.3 is 0 Å². The molecule has 0 aliphatic carbocycles. The number of rotatable bonds is 8. The van der Waals surface area contributed by atoms with Gasteiger partial charge in [0, 0.05) is 38.3 Å². The third-order valence-electron chi connectivity index (χ3n) is 6.66. The number of carbonyl (C=O) groups excluding carboxylic acids is 2. The molecule has 4 aromatic heterocycles. The SMILES string of the molecule is CCN1C(=O)C(=Cc2ccc(N(c3ccc(-c4cccs4)s3)c3ccc(-c4cccs4)s3)cc2)C(=O)N(CC)C1=S. The van der Waals surface area contributed by atoms with Gasteiger partial charge in [0.2, 0.25) is 0 Å². The molecule has 5 aromatic rings. The monoisotopic (exact) mass is 631 g/mol. The summed E-state index contributed by atoms with van der Waals surface area (Å²) in [4.78, 5) is 36.4. The highest BCUT2D eigenvalue weighted by atomic mass is 32.1. The van der Waals surface area contributed by atoms with Crippen molar-refractivity contribution in [2.75, 3.05) is 18.0 Å². The Balaban J connectivity index is 1.37. The Bertz CT molecular complexity index is 1630. The molecule has 1 aliphatic heterocycles. The highest BCUT2D eigenvalue weighted by molar-refractivity contribution is 7.80. The highest BCUT2D eigenvalue weighted by Gasteiger charge is 2.37. The Morgan fingerprint density at radius 3 is 1.66 bits per heavy atom. The van der Waals surface area contributed by atoms with Gasteiger partial charge in [0.15, 0.2) is 5.11 Å². The number of thiocarbonyl (C=S) groups is 1. The van der Waals surface area contributed by atoms with E-state index in [0.717, 1.165) is 21.3 Å². The molecule has 0 N–H and O–H groups in total. The summed E-state index contributed by atoms with van der Waals surface area (Å²) in [6.07, 6.45) is 1.67. The minimum atomic E-state index is -0.350. The summed E-state index contributed by atoms with van der Waals surface area (Å²) in [5.74, 6) is -0.699. The minimum absolute atomic E-state index is 0.129. The van der Waals surface area contributed by atoms with E-state index in [9.17, 15) is 9.59 Å². The molecule has 0 atom stereocenters. The third kappa shape index (κ3) is 5.33. The molecule has 5 heterocycles. The maximum atomic E-state index is 13.1. The summed E-state index contributed by atoms with van der Waals surface area (Å²) in [6.45, 7) is 4.54. The molecule has 0 bridgehead atoms. The molecule has 1 aromatic carbocycles. The van der Waals surface area contributed by atoms with Gasteiger partial charge in [-0.25, -0.2) is 0 Å². The first kappa shape index (κ1) is 27.7. The van der Waals surface area contributed by atoms with Crippen LogP contribution < -0.4 is 4.90 Å². The summed E-state index contributed by atoms with van der Waals surface area (Å²) in [7, 11) is 0. The summed E-state index contributed by atoms with van der Waals surface area (Å²) in [5.41, 5.74) is 1.91. The van der Waals surface area contributed by atoms with Crippen molar-refractivity contribution in [2.45, 2.75) is 13.8 Å². The van der Waals surface area contributed by atoms with Gasteiger partial charge in [-0.05, 0) is 97.0 Å². The molecule has 6 rings (SSSR count). The zero-order valence-electron chi connectivity index (χ0n) is 22.3. The van der Waals surface area contributed by atoms with Crippen LogP contribution >= 0.6 is 57.6 Å². The standard InChI is InChI=1S/C31H25N3O2S5/c1-3-32-29(35)22(30(36)33(4-2)31(32)37)19-20-9-11-21(12-10-20)34(27-15-13-25(40-27)23-7-5-17-38-23)28-16-14-26(41-28)24-8-6-18-39-24/h5-19H,3-4H2,1-2H3. The van der Waals surface area contributed by atoms with Gasteiger partial charge >= 0.3 is 0 Å². The Morgan fingerprint density at radius 1 is 0.707 bits per heavy atom. The molecule has 0 radical (unpaired) electrons. The zero-order valence-corrected chi connectivity index (χ0v) is 26.4. The van der Waals surface area contributed by atoms with Crippen LogP contribution in [0.5, 0.6) is 0 Å². The second kappa shape index (κ2) is 11.8. The van der Waals surface area contributed by atoms with E-state index in [1.54, 1.807) is 51.4 Å². The van der Waals surface area contributed by atoms with E-state index in [1.807, 2.05) is 38.1 Å². The van der Waals surface area contributed by atoms with Gasteiger partial charge in [-0.3, -0.25) is 24.3 Å². The van der Waals surface area contributed by atoms with E-state index in [0.29, 0.717) is 13.1 Å². The number of likely N-dealkylation sites (N-methyl/N-ethyl adjacent to an activating group) is 2. The predicted molar refractivity (Wildman–Crippen MR) is 179 cm³/mol. The number of carbonyl (C=O) groups is 2. The number of nitrogens with zero attached hydrogens (tertiary/aromatic N) is 3. The van der Waals surface area contributed by atoms with Crippen LogP contribution in [0.4, 0.5) is 15.7 Å². The molecule has 206 valence electrons. The highest BCUT2D eigenvalue weighted by Crippen LogP contribution is 2.46. The van der Waals surface area contributed by atoms with Crippen LogP contribution in [0.2, 0.25) is 0 Å². The van der Waals surface area contributed by atoms with Crippen LogP contribution in [-0.4, -0.2) is 39.8 Å². The Kier molecular flexibility index (Phi) is 8.01. The van der Waals surface area contributed by atoms with Gasteiger partial charge in [-0.2, -0.15) is 0 Å². The molecule has 0 spiro atoms. The number of thiophene rings is 4. The van der Waals surface area contributed by atoms with Crippen molar-refractivity contribution in [3.05, 3.63) is 94.7 Å².